The minimum atomic E-state index is 0.232. The molecule has 0 fully saturated rings. The molecule has 54 heavy (non-hydrogen) atoms. The second kappa shape index (κ2) is 12.9. The highest BCUT2D eigenvalue weighted by molar-refractivity contribution is 5.90. The maximum atomic E-state index is 9.81. The molecule has 0 bridgehead atoms. The summed E-state index contributed by atoms with van der Waals surface area (Å²) in [5.41, 5.74) is 7.44. The first-order valence-electron chi connectivity index (χ1n) is 16.5. The molecule has 258 valence electrons. The van der Waals surface area contributed by atoms with E-state index in [1.165, 1.54) is 21.8 Å². The van der Waals surface area contributed by atoms with E-state index in [0.717, 1.165) is 33.9 Å². The minimum absolute atomic E-state index is 0.232. The normalized spacial score (nSPS) is 13.3. The highest BCUT2D eigenvalue weighted by atomic mass is 15.6. The number of pyridine rings is 2. The Labute approximate surface area is 305 Å². The first kappa shape index (κ1) is 31.8. The number of nitrogens with zero attached hydrogens (tertiary/aromatic N) is 18. The molecule has 0 spiro atoms. The molecule has 7 aromatic rings. The van der Waals surface area contributed by atoms with E-state index in [1.807, 2.05) is 50.2 Å². The molecule has 0 saturated heterocycles. The Bertz CT molecular complexity index is 2600. The molecule has 1 aromatic carbocycles. The van der Waals surface area contributed by atoms with Crippen molar-refractivity contribution in [3.8, 4) is 40.2 Å². The molecule has 18 nitrogen and oxygen atoms in total. The summed E-state index contributed by atoms with van der Waals surface area (Å²) in [6.07, 6.45) is 7.23. The van der Waals surface area contributed by atoms with Crippen molar-refractivity contribution in [2.45, 2.75) is 26.7 Å². The number of fused-ring (bicyclic) bond motifs is 2. The van der Waals surface area contributed by atoms with Gasteiger partial charge in [0.1, 0.15) is 34.4 Å². The molecule has 0 N–H and O–H groups in total. The molecular weight excluding hydrogens is 685 g/mol. The van der Waals surface area contributed by atoms with Gasteiger partial charge in [0.15, 0.2) is 23.3 Å². The summed E-state index contributed by atoms with van der Waals surface area (Å²) in [5.74, 6) is 1.50. The van der Waals surface area contributed by atoms with Gasteiger partial charge >= 0.3 is 0 Å². The van der Waals surface area contributed by atoms with Crippen LogP contribution < -0.4 is 0 Å². The fraction of sp³-hybridized carbons (Fsp3) is 0.111. The van der Waals surface area contributed by atoms with E-state index in [9.17, 15) is 5.26 Å². The number of nitriles is 1. The van der Waals surface area contributed by atoms with Gasteiger partial charge in [0.2, 0.25) is 0 Å². The molecule has 0 saturated carbocycles. The van der Waals surface area contributed by atoms with Crippen molar-refractivity contribution < 1.29 is 0 Å². The van der Waals surface area contributed by atoms with Crippen LogP contribution in [0.25, 0.3) is 39.0 Å². The number of rotatable bonds is 8. The fourth-order valence-corrected chi connectivity index (χ4v) is 6.12. The fourth-order valence-electron chi connectivity index (χ4n) is 6.12. The molecule has 0 atom stereocenters. The van der Waals surface area contributed by atoms with Crippen LogP contribution in [0.5, 0.6) is 0 Å². The summed E-state index contributed by atoms with van der Waals surface area (Å²) < 4.78 is 2.95. The molecule has 2 aliphatic heterocycles. The van der Waals surface area contributed by atoms with Gasteiger partial charge in [-0.2, -0.15) is 39.9 Å². The van der Waals surface area contributed by atoms with E-state index < -0.39 is 0 Å². The topological polar surface area (TPSA) is 199 Å². The van der Waals surface area contributed by atoms with Crippen molar-refractivity contribution in [3.05, 3.63) is 114 Å². The quantitative estimate of drug-likeness (QED) is 0.116. The van der Waals surface area contributed by atoms with Gasteiger partial charge in [0.05, 0.1) is 30.4 Å². The molecule has 0 unspecified atom stereocenters. The first-order valence-corrected chi connectivity index (χ1v) is 16.5. The molecule has 0 aliphatic carbocycles. The molecule has 18 heteroatoms. The molecule has 0 amide bonds. The van der Waals surface area contributed by atoms with Crippen LogP contribution in [0.1, 0.15) is 30.8 Å². The predicted molar refractivity (Wildman–Crippen MR) is 195 cm³/mol. The molecule has 2 aliphatic rings. The van der Waals surface area contributed by atoms with Crippen molar-refractivity contribution in [2.75, 3.05) is 0 Å². The van der Waals surface area contributed by atoms with Gasteiger partial charge in [-0.05, 0) is 38.1 Å². The molecule has 9 rings (SSSR count). The largest absolute Gasteiger partial charge is 0.252 e. The third-order valence-electron chi connectivity index (χ3n) is 8.61. The lowest BCUT2D eigenvalue weighted by molar-refractivity contribution is 0.739. The van der Waals surface area contributed by atoms with Crippen LogP contribution in [0.3, 0.4) is 0 Å². The number of azo groups is 2. The van der Waals surface area contributed by atoms with Crippen LogP contribution in [-0.2, 0) is 12.8 Å². The molecular formula is C36H24N18. The number of hydrogen-bond acceptors (Lipinski definition) is 13. The zero-order valence-electron chi connectivity index (χ0n) is 28.5. The SMILES string of the molecule is [C-]#[N+]c1cnn(-c2ccccn2)c1N=Nc1c(-c2ccc(-c3nn4c(c3N=Nc3c(C#N)cnn3-c3ccccn3)CC(C)=N4)cc2)nn2c1CC(C)=N2. The second-order valence-electron chi connectivity index (χ2n) is 12.2. The van der Waals surface area contributed by atoms with Crippen molar-refractivity contribution in [1.82, 2.24) is 49.3 Å². The number of benzene rings is 1. The minimum Gasteiger partial charge on any atom is -0.237 e. The monoisotopic (exact) mass is 708 g/mol. The smallest absolute Gasteiger partial charge is 0.237 e. The highest BCUT2D eigenvalue weighted by Gasteiger charge is 2.27. The zero-order chi connectivity index (χ0) is 36.8. The van der Waals surface area contributed by atoms with Gasteiger partial charge in [-0.1, -0.05) is 36.4 Å². The first-order chi connectivity index (χ1) is 26.5. The van der Waals surface area contributed by atoms with E-state index in [1.54, 1.807) is 46.2 Å². The summed E-state index contributed by atoms with van der Waals surface area (Å²) in [4.78, 5) is 15.4. The third-order valence-corrected chi connectivity index (χ3v) is 8.61. The Morgan fingerprint density at radius 1 is 0.685 bits per heavy atom. The lowest BCUT2D eigenvalue weighted by Gasteiger charge is -2.05. The summed E-state index contributed by atoms with van der Waals surface area (Å²) in [6, 6.07) is 20.6. The van der Waals surface area contributed by atoms with Crippen LogP contribution >= 0.6 is 0 Å². The van der Waals surface area contributed by atoms with E-state index >= 15 is 0 Å². The van der Waals surface area contributed by atoms with Crippen LogP contribution in [0.15, 0.2) is 116 Å². The summed E-state index contributed by atoms with van der Waals surface area (Å²) >= 11 is 0. The van der Waals surface area contributed by atoms with Crippen LogP contribution in [0.4, 0.5) is 28.7 Å². The van der Waals surface area contributed by atoms with Gasteiger partial charge in [0, 0.05) is 47.8 Å². The van der Waals surface area contributed by atoms with Crippen molar-refractivity contribution in [2.24, 2.45) is 30.7 Å². The van der Waals surface area contributed by atoms with E-state index in [-0.39, 0.29) is 22.9 Å². The van der Waals surface area contributed by atoms with Gasteiger partial charge in [-0.25, -0.2) is 19.5 Å². The highest BCUT2D eigenvalue weighted by Crippen LogP contribution is 2.41. The van der Waals surface area contributed by atoms with Crippen LogP contribution in [0, 0.1) is 17.9 Å². The maximum Gasteiger partial charge on any atom is 0.252 e. The van der Waals surface area contributed by atoms with Gasteiger partial charge in [-0.15, -0.1) is 30.7 Å². The van der Waals surface area contributed by atoms with Gasteiger partial charge in [0.25, 0.3) is 5.69 Å². The Hall–Kier alpha value is -8.12. The average molecular weight is 709 g/mol. The molecule has 0 radical (unpaired) electrons. The molecule has 8 heterocycles. The number of hydrogen-bond donors (Lipinski definition) is 0. The Morgan fingerprint density at radius 3 is 1.70 bits per heavy atom. The number of aromatic nitrogens is 10. The predicted octanol–water partition coefficient (Wildman–Crippen LogP) is 7.39. The standard InChI is InChI=1S/C36H24N18/c1-21-16-27-33(43-45-35-25(18-37)19-41-51(35)29-8-4-6-14-39-29)31(49-53(27)47-21)23-10-12-24(13-11-23)32-34(28-17-22(2)48-54(28)50-32)44-46-36-26(38-3)20-42-52(36)30-9-5-7-15-40-30/h4-15,19-20H,16-17H2,1-2H3. The van der Waals surface area contributed by atoms with Crippen molar-refractivity contribution in [3.63, 3.8) is 0 Å². The van der Waals surface area contributed by atoms with E-state index in [0.29, 0.717) is 47.2 Å². The Morgan fingerprint density at radius 2 is 1.20 bits per heavy atom. The van der Waals surface area contributed by atoms with E-state index in [4.69, 9.17) is 16.8 Å². The third kappa shape index (κ3) is 5.43. The van der Waals surface area contributed by atoms with Crippen molar-refractivity contribution in [1.29, 1.82) is 5.26 Å². The Kier molecular flexibility index (Phi) is 7.60. The summed E-state index contributed by atoms with van der Waals surface area (Å²) in [5, 5.41) is 55.5. The average Bonchev–Trinajstić information content (AvgIpc) is 4.05. The van der Waals surface area contributed by atoms with E-state index in [2.05, 4.69) is 61.7 Å². The maximum absolute atomic E-state index is 9.81. The summed E-state index contributed by atoms with van der Waals surface area (Å²) in [7, 11) is 0. The summed E-state index contributed by atoms with van der Waals surface area (Å²) in [6.45, 7) is 11.5. The van der Waals surface area contributed by atoms with Crippen molar-refractivity contribution >= 4 is 40.1 Å². The van der Waals surface area contributed by atoms with Gasteiger partial charge < -0.3 is 0 Å². The zero-order valence-corrected chi connectivity index (χ0v) is 28.5. The lowest BCUT2D eigenvalue weighted by Crippen LogP contribution is -1.98. The lowest BCUT2D eigenvalue weighted by atomic mass is 10.0. The van der Waals surface area contributed by atoms with Crippen LogP contribution in [-0.4, -0.2) is 60.7 Å². The molecule has 6 aromatic heterocycles. The van der Waals surface area contributed by atoms with Gasteiger partial charge in [-0.3, -0.25) is 0 Å². The Balaban J connectivity index is 1.09. The second-order valence-corrected chi connectivity index (χ2v) is 12.2. The van der Waals surface area contributed by atoms with Crippen LogP contribution in [0.2, 0.25) is 0 Å².